The molecule has 3 rings (SSSR count). The first-order valence-corrected chi connectivity index (χ1v) is 9.84. The number of aryl methyl sites for hydroxylation is 1. The number of anilines is 1. The Balaban J connectivity index is 1.58. The van der Waals surface area contributed by atoms with Crippen molar-refractivity contribution in [1.82, 2.24) is 4.90 Å². The molecule has 3 N–H and O–H groups in total. The number of nitrogens with zero attached hydrogens (tertiary/aromatic N) is 1. The number of rotatable bonds is 4. The van der Waals surface area contributed by atoms with Crippen LogP contribution in [0.4, 0.5) is 10.5 Å². The van der Waals surface area contributed by atoms with Crippen molar-refractivity contribution in [2.75, 3.05) is 18.4 Å². The topological polar surface area (TPSA) is 102 Å². The quantitative estimate of drug-likeness (QED) is 0.858. The van der Waals surface area contributed by atoms with Gasteiger partial charge in [-0.05, 0) is 55.3 Å². The molecular weight excluding hydrogens is 354 g/mol. The fourth-order valence-electron chi connectivity index (χ4n) is 2.80. The number of benzene rings is 2. The van der Waals surface area contributed by atoms with Crippen molar-refractivity contribution in [3.05, 3.63) is 54.1 Å². The fraction of sp³-hybridized carbons (Fsp3) is 0.278. The molecule has 0 saturated carbocycles. The third-order valence-electron chi connectivity index (χ3n) is 4.23. The van der Waals surface area contributed by atoms with E-state index in [9.17, 15) is 13.2 Å². The van der Waals surface area contributed by atoms with Crippen LogP contribution < -0.4 is 15.2 Å². The Morgan fingerprint density at radius 1 is 1.19 bits per heavy atom. The normalized spacial score (nSPS) is 17.2. The van der Waals surface area contributed by atoms with Gasteiger partial charge in [0.2, 0.25) is 10.0 Å². The second-order valence-electron chi connectivity index (χ2n) is 6.32. The van der Waals surface area contributed by atoms with E-state index in [2.05, 4.69) is 5.32 Å². The highest BCUT2D eigenvalue weighted by Gasteiger charge is 2.33. The molecule has 2 amide bonds. The summed E-state index contributed by atoms with van der Waals surface area (Å²) >= 11 is 0. The van der Waals surface area contributed by atoms with Gasteiger partial charge < -0.3 is 15.0 Å². The van der Waals surface area contributed by atoms with Crippen LogP contribution in [0.2, 0.25) is 0 Å². The molecule has 0 aliphatic carbocycles. The number of hydrogen-bond donors (Lipinski definition) is 2. The Hall–Kier alpha value is -2.58. The molecular formula is C18H21N3O4S. The molecule has 1 heterocycles. The van der Waals surface area contributed by atoms with Crippen molar-refractivity contribution >= 4 is 21.7 Å². The van der Waals surface area contributed by atoms with Gasteiger partial charge >= 0.3 is 6.03 Å². The van der Waals surface area contributed by atoms with E-state index in [4.69, 9.17) is 9.88 Å². The molecule has 1 atom stereocenters. The monoisotopic (exact) mass is 375 g/mol. The van der Waals surface area contributed by atoms with Crippen molar-refractivity contribution in [3.63, 3.8) is 0 Å². The minimum absolute atomic E-state index is 0.110. The van der Waals surface area contributed by atoms with Gasteiger partial charge in [0.05, 0.1) is 5.25 Å². The molecule has 0 aromatic heterocycles. The SMILES string of the molecule is Cc1cccc(Oc2ccc(NC(=O)N3CC[C@H](S(N)(=O)=O)C3)cc2)c1. The Bertz CT molecular complexity index is 897. The molecule has 2 aromatic rings. The van der Waals surface area contributed by atoms with Gasteiger partial charge in [-0.15, -0.1) is 0 Å². The lowest BCUT2D eigenvalue weighted by atomic mass is 10.2. The zero-order valence-electron chi connectivity index (χ0n) is 14.4. The average molecular weight is 375 g/mol. The number of primary sulfonamides is 1. The summed E-state index contributed by atoms with van der Waals surface area (Å²) in [5.74, 6) is 1.40. The maximum atomic E-state index is 12.2. The molecule has 0 radical (unpaired) electrons. The predicted molar refractivity (Wildman–Crippen MR) is 99.8 cm³/mol. The van der Waals surface area contributed by atoms with Gasteiger partial charge in [-0.3, -0.25) is 0 Å². The molecule has 0 spiro atoms. The lowest BCUT2D eigenvalue weighted by molar-refractivity contribution is 0.222. The largest absolute Gasteiger partial charge is 0.457 e. The molecule has 0 bridgehead atoms. The lowest BCUT2D eigenvalue weighted by Crippen LogP contribution is -2.36. The van der Waals surface area contributed by atoms with Gasteiger partial charge in [0.1, 0.15) is 11.5 Å². The predicted octanol–water partition coefficient (Wildman–Crippen LogP) is 2.68. The summed E-state index contributed by atoms with van der Waals surface area (Å²) in [6.07, 6.45) is 0.357. The number of sulfonamides is 1. The average Bonchev–Trinajstić information content (AvgIpc) is 3.07. The van der Waals surface area contributed by atoms with E-state index < -0.39 is 15.3 Å². The van der Waals surface area contributed by atoms with Crippen molar-refractivity contribution < 1.29 is 17.9 Å². The lowest BCUT2D eigenvalue weighted by Gasteiger charge is -2.17. The Morgan fingerprint density at radius 3 is 2.54 bits per heavy atom. The Labute approximate surface area is 152 Å². The van der Waals surface area contributed by atoms with Crippen LogP contribution in [0.5, 0.6) is 11.5 Å². The van der Waals surface area contributed by atoms with Crippen LogP contribution in [0.25, 0.3) is 0 Å². The smallest absolute Gasteiger partial charge is 0.321 e. The third-order valence-corrected chi connectivity index (χ3v) is 5.54. The van der Waals surface area contributed by atoms with Gasteiger partial charge in [0, 0.05) is 18.8 Å². The molecule has 0 unspecified atom stereocenters. The van der Waals surface area contributed by atoms with Crippen molar-refractivity contribution in [2.45, 2.75) is 18.6 Å². The zero-order chi connectivity index (χ0) is 18.7. The molecule has 8 heteroatoms. The van der Waals surface area contributed by atoms with E-state index >= 15 is 0 Å². The van der Waals surface area contributed by atoms with Crippen LogP contribution >= 0.6 is 0 Å². The minimum atomic E-state index is -3.62. The summed E-state index contributed by atoms with van der Waals surface area (Å²) in [4.78, 5) is 13.7. The number of ether oxygens (including phenoxy) is 1. The van der Waals surface area contributed by atoms with Gasteiger partial charge in [0.25, 0.3) is 0 Å². The number of urea groups is 1. The van der Waals surface area contributed by atoms with Crippen LogP contribution in [-0.2, 0) is 10.0 Å². The van der Waals surface area contributed by atoms with Crippen LogP contribution in [0.3, 0.4) is 0 Å². The molecule has 138 valence electrons. The zero-order valence-corrected chi connectivity index (χ0v) is 15.2. The maximum absolute atomic E-state index is 12.2. The number of amides is 2. The molecule has 26 heavy (non-hydrogen) atoms. The molecule has 2 aromatic carbocycles. The van der Waals surface area contributed by atoms with Crippen molar-refractivity contribution in [1.29, 1.82) is 0 Å². The van der Waals surface area contributed by atoms with E-state index in [1.807, 2.05) is 31.2 Å². The standard InChI is InChI=1S/C18H21N3O4S/c1-13-3-2-4-16(11-13)25-15-7-5-14(6-8-15)20-18(22)21-10-9-17(12-21)26(19,23)24/h2-8,11,17H,9-10,12H2,1H3,(H,20,22)(H2,19,23,24)/t17-/m0/s1. The van der Waals surface area contributed by atoms with Crippen molar-refractivity contribution in [3.8, 4) is 11.5 Å². The van der Waals surface area contributed by atoms with Crippen molar-refractivity contribution in [2.24, 2.45) is 5.14 Å². The first-order valence-electron chi connectivity index (χ1n) is 8.23. The second kappa shape index (κ2) is 7.35. The Kier molecular flexibility index (Phi) is 5.15. The van der Waals surface area contributed by atoms with E-state index in [1.54, 1.807) is 24.3 Å². The van der Waals surface area contributed by atoms with Crippen LogP contribution in [0, 0.1) is 6.92 Å². The van der Waals surface area contributed by atoms with E-state index in [0.717, 1.165) is 11.3 Å². The van der Waals surface area contributed by atoms with Crippen LogP contribution in [0.1, 0.15) is 12.0 Å². The molecule has 1 fully saturated rings. The summed E-state index contributed by atoms with van der Waals surface area (Å²) in [5.41, 5.74) is 1.71. The summed E-state index contributed by atoms with van der Waals surface area (Å²) in [5, 5.41) is 7.20. The highest BCUT2D eigenvalue weighted by atomic mass is 32.2. The molecule has 1 saturated heterocycles. The first kappa shape index (κ1) is 18.2. The van der Waals surface area contributed by atoms with Gasteiger partial charge in [0.15, 0.2) is 0 Å². The second-order valence-corrected chi connectivity index (χ2v) is 8.16. The van der Waals surface area contributed by atoms with Gasteiger partial charge in [-0.2, -0.15) is 0 Å². The molecule has 7 nitrogen and oxygen atoms in total. The third kappa shape index (κ3) is 4.53. The highest BCUT2D eigenvalue weighted by Crippen LogP contribution is 2.24. The highest BCUT2D eigenvalue weighted by molar-refractivity contribution is 7.89. The van der Waals surface area contributed by atoms with E-state index in [-0.39, 0.29) is 12.6 Å². The van der Waals surface area contributed by atoms with Gasteiger partial charge in [-0.25, -0.2) is 18.4 Å². The maximum Gasteiger partial charge on any atom is 0.321 e. The number of nitrogens with two attached hydrogens (primary N) is 1. The number of likely N-dealkylation sites (tertiary alicyclic amines) is 1. The number of carbonyl (C=O) groups is 1. The number of carbonyl (C=O) groups excluding carboxylic acids is 1. The van der Waals surface area contributed by atoms with Crippen LogP contribution in [-0.4, -0.2) is 37.7 Å². The summed E-state index contributed by atoms with van der Waals surface area (Å²) < 4.78 is 28.5. The number of hydrogen-bond acceptors (Lipinski definition) is 4. The van der Waals surface area contributed by atoms with Gasteiger partial charge in [-0.1, -0.05) is 12.1 Å². The summed E-state index contributed by atoms with van der Waals surface area (Å²) in [6, 6.07) is 14.4. The number of nitrogens with one attached hydrogen (secondary N) is 1. The fourth-order valence-corrected chi connectivity index (χ4v) is 3.63. The summed E-state index contributed by atoms with van der Waals surface area (Å²) in [6.45, 7) is 2.46. The van der Waals surface area contributed by atoms with E-state index in [1.165, 1.54) is 4.90 Å². The van der Waals surface area contributed by atoms with Crippen LogP contribution in [0.15, 0.2) is 48.5 Å². The first-order chi connectivity index (χ1) is 12.3. The minimum Gasteiger partial charge on any atom is -0.457 e. The summed E-state index contributed by atoms with van der Waals surface area (Å²) in [7, 11) is -3.62. The Morgan fingerprint density at radius 2 is 1.92 bits per heavy atom. The molecule has 1 aliphatic heterocycles. The van der Waals surface area contributed by atoms with E-state index in [0.29, 0.717) is 24.4 Å². The molecule has 1 aliphatic rings.